The van der Waals surface area contributed by atoms with E-state index in [0.29, 0.717) is 12.5 Å². The molecule has 0 aliphatic carbocycles. The van der Waals surface area contributed by atoms with E-state index in [-0.39, 0.29) is 51.8 Å². The third kappa shape index (κ3) is 5.53. The predicted octanol–water partition coefficient (Wildman–Crippen LogP) is 4.62. The number of ether oxygens (including phenoxy) is 1. The number of phenols is 4. The van der Waals surface area contributed by atoms with Crippen LogP contribution in [-0.2, 0) is 0 Å². The van der Waals surface area contributed by atoms with E-state index in [0.717, 1.165) is 25.7 Å². The topological polar surface area (TPSA) is 129 Å². The average Bonchev–Trinajstić information content (AvgIpc) is 2.73. The lowest BCUT2D eigenvalue weighted by molar-refractivity contribution is 0.217. The molecule has 8 nitrogen and oxygen atoms in total. The zero-order valence-electron chi connectivity index (χ0n) is 17.6. The average molecular weight is 425 g/mol. The summed E-state index contributed by atoms with van der Waals surface area (Å²) in [5.41, 5.74) is 0.560. The van der Waals surface area contributed by atoms with Gasteiger partial charge in [0.15, 0.2) is 11.6 Å². The highest BCUT2D eigenvalue weighted by Gasteiger charge is 2.18. The fourth-order valence-corrected chi connectivity index (χ4v) is 3.17. The molecule has 2 aromatic carbocycles. The Bertz CT molecular complexity index is 972. The van der Waals surface area contributed by atoms with Crippen LogP contribution >= 0.6 is 0 Å². The van der Waals surface area contributed by atoms with Gasteiger partial charge < -0.3 is 25.2 Å². The molecule has 0 aliphatic heterocycles. The van der Waals surface area contributed by atoms with Crippen molar-refractivity contribution in [3.05, 3.63) is 36.4 Å². The molecule has 0 radical (unpaired) electrons. The summed E-state index contributed by atoms with van der Waals surface area (Å²) < 4.78 is 5.88. The molecule has 0 fully saturated rings. The lowest BCUT2D eigenvalue weighted by atomic mass is 10.0. The predicted molar refractivity (Wildman–Crippen MR) is 116 cm³/mol. The van der Waals surface area contributed by atoms with Crippen LogP contribution in [0.5, 0.6) is 29.0 Å². The minimum atomic E-state index is -0.201. The number of rotatable bonds is 9. The van der Waals surface area contributed by atoms with Crippen molar-refractivity contribution >= 4 is 0 Å². The fraction of sp³-hybridized carbons (Fsp3) is 0.348. The molecule has 0 amide bonds. The maximum Gasteiger partial charge on any atom is 0.320 e. The Hall–Kier alpha value is -3.55. The second-order valence-electron chi connectivity index (χ2n) is 7.40. The van der Waals surface area contributed by atoms with E-state index in [9.17, 15) is 20.4 Å². The van der Waals surface area contributed by atoms with E-state index in [1.165, 1.54) is 36.4 Å². The summed E-state index contributed by atoms with van der Waals surface area (Å²) in [6, 6.07) is 8.24. The van der Waals surface area contributed by atoms with E-state index in [1.54, 1.807) is 0 Å². The van der Waals surface area contributed by atoms with E-state index in [4.69, 9.17) is 4.74 Å². The van der Waals surface area contributed by atoms with Gasteiger partial charge in [0.1, 0.15) is 23.0 Å². The van der Waals surface area contributed by atoms with E-state index >= 15 is 0 Å². The molecule has 1 heterocycles. The van der Waals surface area contributed by atoms with Crippen molar-refractivity contribution < 1.29 is 25.2 Å². The molecule has 1 unspecified atom stereocenters. The second kappa shape index (κ2) is 9.97. The maximum absolute atomic E-state index is 10.3. The summed E-state index contributed by atoms with van der Waals surface area (Å²) in [6.07, 6.45) is 4.22. The number of hydrogen-bond donors (Lipinski definition) is 4. The van der Waals surface area contributed by atoms with Crippen LogP contribution in [0.1, 0.15) is 39.5 Å². The van der Waals surface area contributed by atoms with Crippen molar-refractivity contribution in [2.45, 2.75) is 39.5 Å². The zero-order chi connectivity index (χ0) is 22.4. The lowest BCUT2D eigenvalue weighted by Crippen LogP contribution is -2.13. The van der Waals surface area contributed by atoms with Crippen molar-refractivity contribution in [3.63, 3.8) is 0 Å². The number of benzene rings is 2. The van der Waals surface area contributed by atoms with Crippen LogP contribution in [0.15, 0.2) is 36.4 Å². The molecule has 1 aromatic heterocycles. The quantitative estimate of drug-likeness (QED) is 0.391. The first-order valence-electron chi connectivity index (χ1n) is 10.3. The van der Waals surface area contributed by atoms with Gasteiger partial charge in [-0.25, -0.2) is 4.98 Å². The van der Waals surface area contributed by atoms with Crippen LogP contribution in [0.2, 0.25) is 0 Å². The van der Waals surface area contributed by atoms with Crippen molar-refractivity contribution in [3.8, 4) is 51.8 Å². The van der Waals surface area contributed by atoms with E-state index < -0.39 is 0 Å². The van der Waals surface area contributed by atoms with Crippen molar-refractivity contribution in [2.75, 3.05) is 6.61 Å². The number of aromatic nitrogens is 3. The Kier molecular flexibility index (Phi) is 7.12. The van der Waals surface area contributed by atoms with Crippen molar-refractivity contribution in [1.82, 2.24) is 15.0 Å². The lowest BCUT2D eigenvalue weighted by Gasteiger charge is -2.15. The van der Waals surface area contributed by atoms with Gasteiger partial charge >= 0.3 is 6.01 Å². The minimum absolute atomic E-state index is 0.0647. The summed E-state index contributed by atoms with van der Waals surface area (Å²) >= 11 is 0. The van der Waals surface area contributed by atoms with Crippen LogP contribution < -0.4 is 4.74 Å². The zero-order valence-corrected chi connectivity index (χ0v) is 17.6. The van der Waals surface area contributed by atoms with Gasteiger partial charge in [-0.2, -0.15) is 9.97 Å². The Morgan fingerprint density at radius 1 is 0.806 bits per heavy atom. The second-order valence-corrected chi connectivity index (χ2v) is 7.40. The van der Waals surface area contributed by atoms with Crippen LogP contribution in [0, 0.1) is 5.92 Å². The number of nitrogens with zero attached hydrogens (tertiary/aromatic N) is 3. The molecule has 0 saturated carbocycles. The van der Waals surface area contributed by atoms with Gasteiger partial charge in [-0.1, -0.05) is 33.1 Å². The Morgan fingerprint density at radius 2 is 1.35 bits per heavy atom. The first kappa shape index (κ1) is 22.1. The standard InChI is InChI=1S/C23H27N3O5/c1-3-5-6-14(4-2)13-31-23-25-21(17-9-7-15(27)11-19(17)29)24-22(26-23)18-10-8-16(28)12-20(18)30/h7-12,14,27-30H,3-6,13H2,1-2H3. The van der Waals surface area contributed by atoms with Crippen LogP contribution in [-0.4, -0.2) is 42.0 Å². The molecular formula is C23H27N3O5. The monoisotopic (exact) mass is 425 g/mol. The number of phenolic OH excluding ortho intramolecular Hbond substituents is 4. The van der Waals surface area contributed by atoms with Crippen LogP contribution in [0.25, 0.3) is 22.8 Å². The SMILES string of the molecule is CCCCC(CC)COc1nc(-c2ccc(O)cc2O)nc(-c2ccc(O)cc2O)n1. The first-order valence-corrected chi connectivity index (χ1v) is 10.3. The first-order chi connectivity index (χ1) is 14.9. The van der Waals surface area contributed by atoms with Gasteiger partial charge in [0.25, 0.3) is 0 Å². The maximum atomic E-state index is 10.3. The molecule has 3 aromatic rings. The minimum Gasteiger partial charge on any atom is -0.508 e. The Labute approximate surface area is 180 Å². The molecule has 31 heavy (non-hydrogen) atoms. The number of hydrogen-bond acceptors (Lipinski definition) is 8. The highest BCUT2D eigenvalue weighted by molar-refractivity contribution is 5.70. The summed E-state index contributed by atoms with van der Waals surface area (Å²) in [5, 5.41) is 39.7. The molecule has 8 heteroatoms. The van der Waals surface area contributed by atoms with Gasteiger partial charge in [0, 0.05) is 12.1 Å². The highest BCUT2D eigenvalue weighted by atomic mass is 16.5. The third-order valence-electron chi connectivity index (χ3n) is 5.05. The molecule has 164 valence electrons. The normalized spacial score (nSPS) is 11.9. The molecule has 4 N–H and O–H groups in total. The number of unbranched alkanes of at least 4 members (excludes halogenated alkanes) is 1. The van der Waals surface area contributed by atoms with Gasteiger partial charge in [0.2, 0.25) is 0 Å². The molecule has 0 bridgehead atoms. The Balaban J connectivity index is 2.01. The van der Waals surface area contributed by atoms with Crippen molar-refractivity contribution in [1.29, 1.82) is 0 Å². The van der Waals surface area contributed by atoms with Gasteiger partial charge in [-0.3, -0.25) is 0 Å². The molecular weight excluding hydrogens is 398 g/mol. The molecule has 1 atom stereocenters. The summed E-state index contributed by atoms with van der Waals surface area (Å²) in [6.45, 7) is 4.69. The summed E-state index contributed by atoms with van der Waals surface area (Å²) in [4.78, 5) is 13.0. The van der Waals surface area contributed by atoms with Gasteiger partial charge in [-0.15, -0.1) is 0 Å². The van der Waals surface area contributed by atoms with Crippen LogP contribution in [0.4, 0.5) is 0 Å². The smallest absolute Gasteiger partial charge is 0.320 e. The largest absolute Gasteiger partial charge is 0.508 e. The van der Waals surface area contributed by atoms with Gasteiger partial charge in [-0.05, 0) is 36.6 Å². The molecule has 0 spiro atoms. The fourth-order valence-electron chi connectivity index (χ4n) is 3.17. The highest BCUT2D eigenvalue weighted by Crippen LogP contribution is 2.34. The van der Waals surface area contributed by atoms with E-state index in [2.05, 4.69) is 28.8 Å². The molecule has 3 rings (SSSR count). The van der Waals surface area contributed by atoms with Gasteiger partial charge in [0.05, 0.1) is 17.7 Å². The third-order valence-corrected chi connectivity index (χ3v) is 5.05. The number of aromatic hydroxyl groups is 4. The van der Waals surface area contributed by atoms with Crippen LogP contribution in [0.3, 0.4) is 0 Å². The van der Waals surface area contributed by atoms with Crippen molar-refractivity contribution in [2.24, 2.45) is 5.92 Å². The van der Waals surface area contributed by atoms with E-state index in [1.807, 2.05) is 0 Å². The Morgan fingerprint density at radius 3 is 1.81 bits per heavy atom. The summed E-state index contributed by atoms with van der Waals surface area (Å²) in [7, 11) is 0. The molecule has 0 aliphatic rings. The molecule has 0 saturated heterocycles. The summed E-state index contributed by atoms with van der Waals surface area (Å²) in [5.74, 6) is 0.0283.